The van der Waals surface area contributed by atoms with Crippen molar-refractivity contribution in [3.8, 4) is 0 Å². The summed E-state index contributed by atoms with van der Waals surface area (Å²) in [5.41, 5.74) is 0.281. The number of azo groups is 1. The predicted octanol–water partition coefficient (Wildman–Crippen LogP) is 2.26. The molecular formula is C16H15N3O4S. The van der Waals surface area contributed by atoms with Gasteiger partial charge in [-0.05, 0) is 19.1 Å². The van der Waals surface area contributed by atoms with Crippen LogP contribution in [0.25, 0.3) is 0 Å². The quantitative estimate of drug-likeness (QED) is 0.490. The predicted molar refractivity (Wildman–Crippen MR) is 87.6 cm³/mol. The van der Waals surface area contributed by atoms with E-state index in [9.17, 15) is 18.0 Å². The van der Waals surface area contributed by atoms with Gasteiger partial charge >= 0.3 is 0 Å². The number of carbonyl (C=O) groups excluding carboxylic acids is 2. The minimum atomic E-state index is -4.00. The van der Waals surface area contributed by atoms with Gasteiger partial charge in [-0.3, -0.25) is 9.59 Å². The van der Waals surface area contributed by atoms with Gasteiger partial charge in [-0.1, -0.05) is 42.5 Å². The Morgan fingerprint density at radius 2 is 1.58 bits per heavy atom. The molecule has 0 aliphatic rings. The average molecular weight is 345 g/mol. The van der Waals surface area contributed by atoms with Crippen LogP contribution < -0.4 is 5.14 Å². The lowest BCUT2D eigenvalue weighted by Gasteiger charge is -2.07. The van der Waals surface area contributed by atoms with Gasteiger partial charge < -0.3 is 0 Å². The fraction of sp³-hybridized carbons (Fsp3) is 0.125. The molecule has 0 spiro atoms. The zero-order valence-electron chi connectivity index (χ0n) is 12.8. The topological polar surface area (TPSA) is 119 Å². The summed E-state index contributed by atoms with van der Waals surface area (Å²) in [5.74, 6) is -1.01. The van der Waals surface area contributed by atoms with E-state index in [2.05, 4.69) is 10.2 Å². The summed E-state index contributed by atoms with van der Waals surface area (Å²) in [6, 6.07) is 12.5. The average Bonchev–Trinajstić information content (AvgIpc) is 2.55. The van der Waals surface area contributed by atoms with Gasteiger partial charge in [-0.2, -0.15) is 10.2 Å². The zero-order valence-corrected chi connectivity index (χ0v) is 13.6. The Balaban J connectivity index is 2.38. The van der Waals surface area contributed by atoms with E-state index in [0.717, 1.165) is 0 Å². The van der Waals surface area contributed by atoms with Crippen molar-refractivity contribution in [2.75, 3.05) is 0 Å². The molecule has 1 atom stereocenters. The first-order valence-corrected chi connectivity index (χ1v) is 8.47. The number of sulfonamides is 1. The van der Waals surface area contributed by atoms with Crippen molar-refractivity contribution in [1.29, 1.82) is 0 Å². The number of hydrogen-bond acceptors (Lipinski definition) is 6. The second kappa shape index (κ2) is 7.24. The lowest BCUT2D eigenvalue weighted by molar-refractivity contribution is -0.117. The molecule has 0 fully saturated rings. The van der Waals surface area contributed by atoms with E-state index < -0.39 is 27.6 Å². The Morgan fingerprint density at radius 3 is 2.17 bits per heavy atom. The lowest BCUT2D eigenvalue weighted by Crippen LogP contribution is -2.26. The van der Waals surface area contributed by atoms with E-state index in [4.69, 9.17) is 5.14 Å². The molecule has 2 aromatic rings. The summed E-state index contributed by atoms with van der Waals surface area (Å²) in [7, 11) is -4.00. The van der Waals surface area contributed by atoms with Crippen molar-refractivity contribution >= 4 is 27.3 Å². The summed E-state index contributed by atoms with van der Waals surface area (Å²) >= 11 is 0. The van der Waals surface area contributed by atoms with E-state index in [-0.39, 0.29) is 10.6 Å². The van der Waals surface area contributed by atoms with Crippen LogP contribution in [0.1, 0.15) is 17.3 Å². The molecule has 124 valence electrons. The molecule has 7 nitrogen and oxygen atoms in total. The summed E-state index contributed by atoms with van der Waals surface area (Å²) < 4.78 is 23.1. The molecule has 1 unspecified atom stereocenters. The van der Waals surface area contributed by atoms with Gasteiger partial charge in [-0.25, -0.2) is 13.6 Å². The highest BCUT2D eigenvalue weighted by Crippen LogP contribution is 2.23. The molecule has 0 bridgehead atoms. The molecule has 0 saturated heterocycles. The molecule has 24 heavy (non-hydrogen) atoms. The summed E-state index contributed by atoms with van der Waals surface area (Å²) in [4.78, 5) is 23.9. The van der Waals surface area contributed by atoms with Crippen molar-refractivity contribution in [2.24, 2.45) is 15.4 Å². The monoisotopic (exact) mass is 345 g/mol. The maximum Gasteiger partial charge on any atom is 0.240 e. The molecule has 0 amide bonds. The molecule has 2 aromatic carbocycles. The molecule has 0 aliphatic heterocycles. The largest absolute Gasteiger partial charge is 0.297 e. The third kappa shape index (κ3) is 4.18. The van der Waals surface area contributed by atoms with Crippen LogP contribution in [-0.2, 0) is 14.8 Å². The Bertz CT molecular complexity index is 893. The fourth-order valence-corrected chi connectivity index (χ4v) is 2.65. The molecule has 2 N–H and O–H groups in total. The van der Waals surface area contributed by atoms with Crippen molar-refractivity contribution in [3.05, 3.63) is 60.2 Å². The third-order valence-electron chi connectivity index (χ3n) is 3.14. The Hall–Kier alpha value is -2.71. The number of rotatable bonds is 6. The number of benzene rings is 2. The van der Waals surface area contributed by atoms with Crippen LogP contribution in [0.3, 0.4) is 0 Å². The SMILES string of the molecule is CC(=O)C(N=Nc1ccccc1S(N)(=O)=O)C(=O)c1ccccc1. The second-order valence-electron chi connectivity index (χ2n) is 4.97. The Kier molecular flexibility index (Phi) is 5.32. The number of primary sulfonamides is 1. The van der Waals surface area contributed by atoms with E-state index in [1.807, 2.05) is 0 Å². The van der Waals surface area contributed by atoms with Crippen molar-refractivity contribution < 1.29 is 18.0 Å². The first-order chi connectivity index (χ1) is 11.3. The van der Waals surface area contributed by atoms with Crippen LogP contribution in [0.5, 0.6) is 0 Å². The molecule has 2 rings (SSSR count). The van der Waals surface area contributed by atoms with Gasteiger partial charge in [0.15, 0.2) is 17.6 Å². The van der Waals surface area contributed by atoms with Crippen molar-refractivity contribution in [2.45, 2.75) is 17.9 Å². The molecule has 0 heterocycles. The molecule has 0 aliphatic carbocycles. The van der Waals surface area contributed by atoms with Crippen LogP contribution in [-0.4, -0.2) is 26.0 Å². The third-order valence-corrected chi connectivity index (χ3v) is 4.10. The lowest BCUT2D eigenvalue weighted by atomic mass is 10.0. The van der Waals surface area contributed by atoms with Crippen LogP contribution in [0.2, 0.25) is 0 Å². The maximum absolute atomic E-state index is 12.4. The van der Waals surface area contributed by atoms with Gasteiger partial charge in [-0.15, -0.1) is 0 Å². The van der Waals surface area contributed by atoms with E-state index in [1.165, 1.54) is 25.1 Å². The van der Waals surface area contributed by atoms with Gasteiger partial charge in [0.1, 0.15) is 10.6 Å². The standard InChI is InChI=1S/C16H15N3O4S/c1-11(20)15(16(21)12-7-3-2-4-8-12)19-18-13-9-5-6-10-14(13)24(17,22)23/h2-10,15H,1H3,(H2,17,22,23). The minimum Gasteiger partial charge on any atom is -0.297 e. The number of nitrogens with zero attached hydrogens (tertiary/aromatic N) is 2. The number of ketones is 2. The number of nitrogens with two attached hydrogens (primary N) is 1. The second-order valence-corrected chi connectivity index (χ2v) is 6.50. The Morgan fingerprint density at radius 1 is 1.00 bits per heavy atom. The molecular weight excluding hydrogens is 330 g/mol. The first-order valence-electron chi connectivity index (χ1n) is 6.93. The summed E-state index contributed by atoms with van der Waals surface area (Å²) in [6.07, 6.45) is 0. The molecule has 8 heteroatoms. The molecule has 0 radical (unpaired) electrons. The number of carbonyl (C=O) groups is 2. The maximum atomic E-state index is 12.4. The van der Waals surface area contributed by atoms with Gasteiger partial charge in [0.05, 0.1) is 0 Å². The smallest absolute Gasteiger partial charge is 0.240 e. The Labute approximate surface area is 139 Å². The summed E-state index contributed by atoms with van der Waals surface area (Å²) in [5, 5.41) is 12.6. The van der Waals surface area contributed by atoms with Gasteiger partial charge in [0.2, 0.25) is 10.0 Å². The van der Waals surface area contributed by atoms with Gasteiger partial charge in [0, 0.05) is 5.56 Å². The van der Waals surface area contributed by atoms with Crippen molar-refractivity contribution in [1.82, 2.24) is 0 Å². The molecule has 0 saturated carbocycles. The van der Waals surface area contributed by atoms with Gasteiger partial charge in [0.25, 0.3) is 0 Å². The summed E-state index contributed by atoms with van der Waals surface area (Å²) in [6.45, 7) is 1.22. The first kappa shape index (κ1) is 17.6. The fourth-order valence-electron chi connectivity index (χ4n) is 1.98. The highest BCUT2D eigenvalue weighted by Gasteiger charge is 2.24. The highest BCUT2D eigenvalue weighted by molar-refractivity contribution is 7.89. The highest BCUT2D eigenvalue weighted by atomic mass is 32.2. The number of hydrogen-bond donors (Lipinski definition) is 1. The van der Waals surface area contributed by atoms with Crippen LogP contribution in [0.4, 0.5) is 5.69 Å². The van der Waals surface area contributed by atoms with Crippen LogP contribution in [0, 0.1) is 0 Å². The number of Topliss-reactive ketones (excluding diaryl/α,β-unsaturated/α-hetero) is 2. The normalized spacial score (nSPS) is 12.9. The van der Waals surface area contributed by atoms with Crippen LogP contribution in [0.15, 0.2) is 69.7 Å². The van der Waals surface area contributed by atoms with E-state index in [0.29, 0.717) is 5.56 Å². The van der Waals surface area contributed by atoms with E-state index >= 15 is 0 Å². The zero-order chi connectivity index (χ0) is 17.7. The van der Waals surface area contributed by atoms with Crippen LogP contribution >= 0.6 is 0 Å². The van der Waals surface area contributed by atoms with Crippen molar-refractivity contribution in [3.63, 3.8) is 0 Å². The van der Waals surface area contributed by atoms with E-state index in [1.54, 1.807) is 36.4 Å². The molecule has 0 aromatic heterocycles. The minimum absolute atomic E-state index is 0.0351.